The summed E-state index contributed by atoms with van der Waals surface area (Å²) in [5, 5.41) is 5.53. The van der Waals surface area contributed by atoms with Gasteiger partial charge in [-0.1, -0.05) is 6.07 Å². The van der Waals surface area contributed by atoms with Crippen LogP contribution in [0, 0.1) is 11.7 Å². The summed E-state index contributed by atoms with van der Waals surface area (Å²) < 4.78 is 4.54. The zero-order valence-corrected chi connectivity index (χ0v) is 12.5. The highest BCUT2D eigenvalue weighted by atomic mass is 32.1. The summed E-state index contributed by atoms with van der Waals surface area (Å²) in [6.07, 6.45) is 1.80. The smallest absolute Gasteiger partial charge is 0.184 e. The zero-order chi connectivity index (χ0) is 14.6. The standard InChI is InChI=1S/C15H13N5S/c1-9-13-14(19(2)18-9)20(15(21)17-13)12-7-3-6-11-10(12)5-4-8-16-11/h3-8H,1-2H3,(H,17,21). The lowest BCUT2D eigenvalue weighted by Gasteiger charge is -2.08. The van der Waals surface area contributed by atoms with Crippen LogP contribution in [-0.4, -0.2) is 24.3 Å². The lowest BCUT2D eigenvalue weighted by atomic mass is 10.2. The van der Waals surface area contributed by atoms with Crippen LogP contribution in [0.15, 0.2) is 36.5 Å². The molecule has 0 saturated heterocycles. The average Bonchev–Trinajstić information content (AvgIpc) is 2.96. The number of fused-ring (bicyclic) bond motifs is 2. The van der Waals surface area contributed by atoms with Gasteiger partial charge in [0.15, 0.2) is 10.4 Å². The van der Waals surface area contributed by atoms with Crippen LogP contribution in [-0.2, 0) is 7.05 Å². The molecule has 0 atom stereocenters. The van der Waals surface area contributed by atoms with Crippen LogP contribution in [0.2, 0.25) is 0 Å². The van der Waals surface area contributed by atoms with Crippen molar-refractivity contribution >= 4 is 34.3 Å². The van der Waals surface area contributed by atoms with E-state index in [1.807, 2.05) is 41.4 Å². The molecule has 104 valence electrons. The van der Waals surface area contributed by atoms with Gasteiger partial charge in [0, 0.05) is 18.6 Å². The summed E-state index contributed by atoms with van der Waals surface area (Å²) in [7, 11) is 1.93. The molecule has 4 rings (SSSR count). The van der Waals surface area contributed by atoms with Crippen molar-refractivity contribution in [2.75, 3.05) is 0 Å². The Morgan fingerprint density at radius 2 is 2.05 bits per heavy atom. The largest absolute Gasteiger partial charge is 0.327 e. The molecule has 21 heavy (non-hydrogen) atoms. The first-order valence-corrected chi connectivity index (χ1v) is 7.06. The minimum absolute atomic E-state index is 0.664. The minimum Gasteiger partial charge on any atom is -0.327 e. The summed E-state index contributed by atoms with van der Waals surface area (Å²) in [6.45, 7) is 1.97. The molecule has 0 aliphatic rings. The number of nitrogens with one attached hydrogen (secondary N) is 1. The molecule has 5 nitrogen and oxygen atoms in total. The molecule has 0 fully saturated rings. The van der Waals surface area contributed by atoms with Crippen LogP contribution in [0.5, 0.6) is 0 Å². The normalized spacial score (nSPS) is 11.5. The van der Waals surface area contributed by atoms with Crippen LogP contribution in [0.4, 0.5) is 0 Å². The minimum atomic E-state index is 0.664. The Kier molecular flexibility index (Phi) is 2.49. The third kappa shape index (κ3) is 1.66. The monoisotopic (exact) mass is 295 g/mol. The van der Waals surface area contributed by atoms with E-state index in [4.69, 9.17) is 12.2 Å². The first kappa shape index (κ1) is 12.3. The molecule has 0 aliphatic carbocycles. The summed E-state index contributed by atoms with van der Waals surface area (Å²) in [4.78, 5) is 7.66. The van der Waals surface area contributed by atoms with Crippen molar-refractivity contribution in [3.05, 3.63) is 47.0 Å². The summed E-state index contributed by atoms with van der Waals surface area (Å²) in [6, 6.07) is 10.0. The van der Waals surface area contributed by atoms with Gasteiger partial charge in [-0.05, 0) is 43.4 Å². The van der Waals surface area contributed by atoms with Crippen LogP contribution >= 0.6 is 12.2 Å². The van der Waals surface area contributed by atoms with Gasteiger partial charge in [0.25, 0.3) is 0 Å². The van der Waals surface area contributed by atoms with Gasteiger partial charge in [-0.3, -0.25) is 9.55 Å². The molecule has 0 aliphatic heterocycles. The predicted molar refractivity (Wildman–Crippen MR) is 85.3 cm³/mol. The van der Waals surface area contributed by atoms with E-state index >= 15 is 0 Å². The van der Waals surface area contributed by atoms with E-state index in [0.29, 0.717) is 4.77 Å². The molecule has 4 aromatic rings. The first-order valence-electron chi connectivity index (χ1n) is 6.65. The van der Waals surface area contributed by atoms with Crippen molar-refractivity contribution in [2.24, 2.45) is 7.05 Å². The zero-order valence-electron chi connectivity index (χ0n) is 11.7. The molecule has 3 aromatic heterocycles. The number of imidazole rings is 1. The van der Waals surface area contributed by atoms with Crippen molar-refractivity contribution in [1.82, 2.24) is 24.3 Å². The van der Waals surface area contributed by atoms with Crippen LogP contribution < -0.4 is 0 Å². The Hall–Kier alpha value is -2.47. The maximum Gasteiger partial charge on any atom is 0.184 e. The highest BCUT2D eigenvalue weighted by molar-refractivity contribution is 7.71. The fourth-order valence-corrected chi connectivity index (χ4v) is 3.10. The van der Waals surface area contributed by atoms with Gasteiger partial charge >= 0.3 is 0 Å². The van der Waals surface area contributed by atoms with Crippen molar-refractivity contribution < 1.29 is 0 Å². The van der Waals surface area contributed by atoms with E-state index in [2.05, 4.69) is 27.2 Å². The lowest BCUT2D eigenvalue weighted by Crippen LogP contribution is -2.01. The van der Waals surface area contributed by atoms with Crippen LogP contribution in [0.1, 0.15) is 5.69 Å². The predicted octanol–water partition coefficient (Wildman–Crippen LogP) is 3.28. The first-order chi connectivity index (χ1) is 10.2. The third-order valence-electron chi connectivity index (χ3n) is 3.70. The van der Waals surface area contributed by atoms with Crippen LogP contribution in [0.3, 0.4) is 0 Å². The number of nitrogens with zero attached hydrogens (tertiary/aromatic N) is 4. The average molecular weight is 295 g/mol. The Balaban J connectivity index is 2.19. The van der Waals surface area contributed by atoms with Gasteiger partial charge < -0.3 is 4.98 Å². The molecule has 1 aromatic carbocycles. The maximum atomic E-state index is 5.52. The number of aryl methyl sites for hydroxylation is 2. The van der Waals surface area contributed by atoms with E-state index in [1.54, 1.807) is 6.20 Å². The van der Waals surface area contributed by atoms with Crippen molar-refractivity contribution in [1.29, 1.82) is 0 Å². The van der Waals surface area contributed by atoms with E-state index in [1.165, 1.54) is 0 Å². The second kappa shape index (κ2) is 4.26. The number of aromatic nitrogens is 5. The summed E-state index contributed by atoms with van der Waals surface area (Å²) in [5.41, 5.74) is 4.85. The maximum absolute atomic E-state index is 5.52. The highest BCUT2D eigenvalue weighted by Crippen LogP contribution is 2.26. The lowest BCUT2D eigenvalue weighted by molar-refractivity contribution is 0.760. The molecule has 3 heterocycles. The van der Waals surface area contributed by atoms with E-state index in [-0.39, 0.29) is 0 Å². The number of aromatic amines is 1. The second-order valence-corrected chi connectivity index (χ2v) is 5.41. The highest BCUT2D eigenvalue weighted by Gasteiger charge is 2.15. The second-order valence-electron chi connectivity index (χ2n) is 5.02. The van der Waals surface area contributed by atoms with E-state index in [0.717, 1.165) is 33.4 Å². The Morgan fingerprint density at radius 1 is 1.19 bits per heavy atom. The molecule has 0 spiro atoms. The van der Waals surface area contributed by atoms with Gasteiger partial charge in [0.05, 0.1) is 16.9 Å². The Bertz CT molecular complexity index is 1030. The van der Waals surface area contributed by atoms with Gasteiger partial charge in [-0.15, -0.1) is 0 Å². The quantitative estimate of drug-likeness (QED) is 0.548. The molecule has 0 bridgehead atoms. The fourth-order valence-electron chi connectivity index (χ4n) is 2.81. The molecular formula is C15H13N5S. The van der Waals surface area contributed by atoms with Crippen molar-refractivity contribution in [2.45, 2.75) is 6.92 Å². The molecule has 0 radical (unpaired) electrons. The molecular weight excluding hydrogens is 282 g/mol. The summed E-state index contributed by atoms with van der Waals surface area (Å²) in [5.74, 6) is 0. The van der Waals surface area contributed by atoms with E-state index in [9.17, 15) is 0 Å². The number of pyridine rings is 1. The van der Waals surface area contributed by atoms with Gasteiger partial charge in [-0.25, -0.2) is 4.68 Å². The molecule has 0 saturated carbocycles. The molecule has 1 N–H and O–H groups in total. The number of hydrogen-bond donors (Lipinski definition) is 1. The Labute approximate surface area is 125 Å². The van der Waals surface area contributed by atoms with E-state index < -0.39 is 0 Å². The number of benzene rings is 1. The fraction of sp³-hybridized carbons (Fsp3) is 0.133. The van der Waals surface area contributed by atoms with Crippen molar-refractivity contribution in [3.8, 4) is 5.69 Å². The SMILES string of the molecule is Cc1nn(C)c2c1[nH]c(=S)n2-c1cccc2ncccc12. The van der Waals surface area contributed by atoms with Gasteiger partial charge in [0.1, 0.15) is 5.52 Å². The number of hydrogen-bond acceptors (Lipinski definition) is 3. The van der Waals surface area contributed by atoms with Crippen LogP contribution in [0.25, 0.3) is 27.8 Å². The van der Waals surface area contributed by atoms with Gasteiger partial charge in [-0.2, -0.15) is 5.10 Å². The molecule has 0 unspecified atom stereocenters. The molecule has 0 amide bonds. The third-order valence-corrected chi connectivity index (χ3v) is 3.99. The van der Waals surface area contributed by atoms with Gasteiger partial charge in [0.2, 0.25) is 0 Å². The topological polar surface area (TPSA) is 51.4 Å². The molecule has 6 heteroatoms. The number of rotatable bonds is 1. The number of H-pyrrole nitrogens is 1. The Morgan fingerprint density at radius 3 is 2.90 bits per heavy atom. The summed E-state index contributed by atoms with van der Waals surface area (Å²) >= 11 is 5.52. The van der Waals surface area contributed by atoms with Crippen molar-refractivity contribution in [3.63, 3.8) is 0 Å².